The van der Waals surface area contributed by atoms with Crippen LogP contribution in [0.1, 0.15) is 42.1 Å². The first-order chi connectivity index (χ1) is 15.0. The van der Waals surface area contributed by atoms with E-state index in [0.29, 0.717) is 23.9 Å². The largest absolute Gasteiger partial charge is 0.494 e. The van der Waals surface area contributed by atoms with Gasteiger partial charge in [0.25, 0.3) is 11.6 Å². The Bertz CT molecular complexity index is 1040. The van der Waals surface area contributed by atoms with Gasteiger partial charge in [-0.25, -0.2) is 0 Å². The fraction of sp³-hybridized carbons (Fsp3) is 0.261. The number of hydrogen-bond acceptors (Lipinski definition) is 6. The molecular formula is C23H24N2O6. The Kier molecular flexibility index (Phi) is 7.26. The number of amides is 1. The lowest BCUT2D eigenvalue weighted by molar-refractivity contribution is -0.384. The van der Waals surface area contributed by atoms with Gasteiger partial charge in [-0.15, -0.1) is 0 Å². The van der Waals surface area contributed by atoms with E-state index in [2.05, 4.69) is 12.2 Å². The minimum atomic E-state index is -0.595. The third-order valence-corrected chi connectivity index (χ3v) is 4.45. The fourth-order valence-corrected chi connectivity index (χ4v) is 2.98. The number of nitrogens with zero attached hydrogens (tertiary/aromatic N) is 1. The molecule has 1 aromatic heterocycles. The number of benzene rings is 2. The van der Waals surface area contributed by atoms with Crippen LogP contribution in [0.5, 0.6) is 11.5 Å². The third-order valence-electron chi connectivity index (χ3n) is 4.45. The zero-order valence-corrected chi connectivity index (χ0v) is 17.4. The molecule has 0 aliphatic carbocycles. The van der Waals surface area contributed by atoms with Crippen molar-refractivity contribution in [1.29, 1.82) is 0 Å². The molecular weight excluding hydrogens is 400 g/mol. The average Bonchev–Trinajstić information content (AvgIpc) is 3.24. The first kappa shape index (κ1) is 21.9. The van der Waals surface area contributed by atoms with Crippen LogP contribution >= 0.6 is 0 Å². The molecule has 2 aromatic carbocycles. The smallest absolute Gasteiger partial charge is 0.296 e. The van der Waals surface area contributed by atoms with Crippen molar-refractivity contribution in [2.45, 2.75) is 33.3 Å². The van der Waals surface area contributed by atoms with E-state index in [1.807, 2.05) is 24.3 Å². The molecule has 162 valence electrons. The minimum absolute atomic E-state index is 0.0278. The first-order valence-corrected chi connectivity index (χ1v) is 10.0. The van der Waals surface area contributed by atoms with Crippen LogP contribution in [0.4, 0.5) is 11.4 Å². The summed E-state index contributed by atoms with van der Waals surface area (Å²) >= 11 is 0. The van der Waals surface area contributed by atoms with Crippen LogP contribution in [0.15, 0.2) is 59.0 Å². The predicted octanol–water partition coefficient (Wildman–Crippen LogP) is 5.37. The maximum absolute atomic E-state index is 12.5. The van der Waals surface area contributed by atoms with Crippen molar-refractivity contribution in [3.8, 4) is 11.5 Å². The lowest BCUT2D eigenvalue weighted by atomic mass is 10.1. The topological polar surface area (TPSA) is 104 Å². The second-order valence-electron chi connectivity index (χ2n) is 6.77. The van der Waals surface area contributed by atoms with Gasteiger partial charge in [-0.05, 0) is 55.3 Å². The molecule has 0 fully saturated rings. The molecule has 0 aliphatic rings. The van der Waals surface area contributed by atoms with E-state index in [0.717, 1.165) is 12.8 Å². The molecule has 3 rings (SSSR count). The van der Waals surface area contributed by atoms with E-state index < -0.39 is 10.8 Å². The van der Waals surface area contributed by atoms with E-state index in [4.69, 9.17) is 13.9 Å². The standard InChI is InChI=1S/C23H24N2O6/c1-3-5-16-6-8-17(9-7-16)30-15-19-11-13-22(31-19)23(26)24-20-12-10-18(29-4-2)14-21(20)25(27)28/h6-14H,3-5,15H2,1-2H3,(H,24,26). The SMILES string of the molecule is CCCc1ccc(OCc2ccc(C(=O)Nc3ccc(OCC)cc3[N+](=O)[O-])o2)cc1. The molecule has 31 heavy (non-hydrogen) atoms. The number of nitrogens with one attached hydrogen (secondary N) is 1. The summed E-state index contributed by atoms with van der Waals surface area (Å²) in [6.45, 7) is 4.44. The Balaban J connectivity index is 1.63. The van der Waals surface area contributed by atoms with Crippen LogP contribution in [0.3, 0.4) is 0 Å². The summed E-state index contributed by atoms with van der Waals surface area (Å²) in [5.74, 6) is 0.950. The molecule has 0 saturated carbocycles. The van der Waals surface area contributed by atoms with Gasteiger partial charge in [0.15, 0.2) is 5.76 Å². The van der Waals surface area contributed by atoms with Gasteiger partial charge in [0, 0.05) is 0 Å². The number of carbonyl (C=O) groups is 1. The van der Waals surface area contributed by atoms with Crippen molar-refractivity contribution in [3.63, 3.8) is 0 Å². The van der Waals surface area contributed by atoms with E-state index in [1.54, 1.807) is 19.1 Å². The highest BCUT2D eigenvalue weighted by Gasteiger charge is 2.20. The lowest BCUT2D eigenvalue weighted by Gasteiger charge is -2.07. The van der Waals surface area contributed by atoms with Crippen molar-refractivity contribution in [1.82, 2.24) is 0 Å². The molecule has 0 unspecified atom stereocenters. The number of carbonyl (C=O) groups excluding carboxylic acids is 1. The second-order valence-corrected chi connectivity index (χ2v) is 6.77. The number of rotatable bonds is 10. The van der Waals surface area contributed by atoms with Crippen LogP contribution in [0, 0.1) is 10.1 Å². The van der Waals surface area contributed by atoms with E-state index in [-0.39, 0.29) is 23.7 Å². The van der Waals surface area contributed by atoms with Crippen molar-refractivity contribution >= 4 is 17.3 Å². The maximum Gasteiger partial charge on any atom is 0.296 e. The Labute approximate surface area is 179 Å². The normalized spacial score (nSPS) is 10.5. The Morgan fingerprint density at radius 3 is 2.45 bits per heavy atom. The Hall–Kier alpha value is -3.81. The van der Waals surface area contributed by atoms with Crippen molar-refractivity contribution in [2.24, 2.45) is 0 Å². The van der Waals surface area contributed by atoms with Gasteiger partial charge in [-0.1, -0.05) is 25.5 Å². The van der Waals surface area contributed by atoms with E-state index in [1.165, 1.54) is 23.8 Å². The van der Waals surface area contributed by atoms with E-state index in [9.17, 15) is 14.9 Å². The highest BCUT2D eigenvalue weighted by Crippen LogP contribution is 2.29. The fourth-order valence-electron chi connectivity index (χ4n) is 2.98. The van der Waals surface area contributed by atoms with Gasteiger partial charge in [-0.3, -0.25) is 14.9 Å². The number of furan rings is 1. The summed E-state index contributed by atoms with van der Waals surface area (Å²) in [6, 6.07) is 15.2. The highest BCUT2D eigenvalue weighted by atomic mass is 16.6. The number of ether oxygens (including phenoxy) is 2. The number of anilines is 1. The summed E-state index contributed by atoms with van der Waals surface area (Å²) in [4.78, 5) is 23.2. The molecule has 8 heteroatoms. The quantitative estimate of drug-likeness (QED) is 0.347. The number of nitro benzene ring substituents is 1. The van der Waals surface area contributed by atoms with Gasteiger partial charge < -0.3 is 19.2 Å². The van der Waals surface area contributed by atoms with Crippen LogP contribution in [0.25, 0.3) is 0 Å². The third kappa shape index (κ3) is 5.85. The summed E-state index contributed by atoms with van der Waals surface area (Å²) < 4.78 is 16.5. The summed E-state index contributed by atoms with van der Waals surface area (Å²) in [5.41, 5.74) is 1.04. The second kappa shape index (κ2) is 10.3. The molecule has 1 N–H and O–H groups in total. The van der Waals surface area contributed by atoms with Gasteiger partial charge in [-0.2, -0.15) is 0 Å². The first-order valence-electron chi connectivity index (χ1n) is 10.0. The summed E-state index contributed by atoms with van der Waals surface area (Å²) in [6.07, 6.45) is 2.10. The lowest BCUT2D eigenvalue weighted by Crippen LogP contribution is -2.12. The predicted molar refractivity (Wildman–Crippen MR) is 116 cm³/mol. The van der Waals surface area contributed by atoms with Gasteiger partial charge in [0.05, 0.1) is 17.6 Å². The van der Waals surface area contributed by atoms with Crippen molar-refractivity contribution in [2.75, 3.05) is 11.9 Å². The highest BCUT2D eigenvalue weighted by molar-refractivity contribution is 6.03. The summed E-state index contributed by atoms with van der Waals surface area (Å²) in [7, 11) is 0. The zero-order chi connectivity index (χ0) is 22.2. The van der Waals surface area contributed by atoms with Crippen LogP contribution in [-0.4, -0.2) is 17.4 Å². The molecule has 0 atom stereocenters. The Morgan fingerprint density at radius 2 is 1.77 bits per heavy atom. The number of nitro groups is 1. The molecule has 1 heterocycles. The van der Waals surface area contributed by atoms with E-state index >= 15 is 0 Å². The van der Waals surface area contributed by atoms with Gasteiger partial charge >= 0.3 is 0 Å². The molecule has 8 nitrogen and oxygen atoms in total. The van der Waals surface area contributed by atoms with Crippen molar-refractivity contribution in [3.05, 3.63) is 81.8 Å². The van der Waals surface area contributed by atoms with Gasteiger partial charge in [0.1, 0.15) is 29.6 Å². The molecule has 0 aliphatic heterocycles. The zero-order valence-electron chi connectivity index (χ0n) is 17.4. The summed E-state index contributed by atoms with van der Waals surface area (Å²) in [5, 5.41) is 13.8. The van der Waals surface area contributed by atoms with Crippen LogP contribution in [0.2, 0.25) is 0 Å². The molecule has 1 amide bonds. The molecule has 0 spiro atoms. The van der Waals surface area contributed by atoms with Crippen molar-refractivity contribution < 1.29 is 23.6 Å². The van der Waals surface area contributed by atoms with Crippen LogP contribution < -0.4 is 14.8 Å². The number of hydrogen-bond donors (Lipinski definition) is 1. The molecule has 0 bridgehead atoms. The monoisotopic (exact) mass is 424 g/mol. The molecule has 3 aromatic rings. The van der Waals surface area contributed by atoms with Crippen LogP contribution in [-0.2, 0) is 13.0 Å². The maximum atomic E-state index is 12.5. The molecule has 0 saturated heterocycles. The minimum Gasteiger partial charge on any atom is -0.494 e. The average molecular weight is 424 g/mol. The Morgan fingerprint density at radius 1 is 1.03 bits per heavy atom. The molecule has 0 radical (unpaired) electrons. The van der Waals surface area contributed by atoms with Gasteiger partial charge in [0.2, 0.25) is 0 Å². The number of aryl methyl sites for hydroxylation is 1.